The molecule has 0 spiro atoms. The zero-order valence-electron chi connectivity index (χ0n) is 16.9. The van der Waals surface area contributed by atoms with E-state index >= 15 is 0 Å². The number of hydrogen-bond donors (Lipinski definition) is 2. The van der Waals surface area contributed by atoms with E-state index in [9.17, 15) is 17.6 Å². The number of carbonyl (C=O) groups is 1. The van der Waals surface area contributed by atoms with Crippen LogP contribution in [0.2, 0.25) is 0 Å². The normalized spacial score (nSPS) is 11.2. The van der Waals surface area contributed by atoms with Crippen LogP contribution in [-0.4, -0.2) is 29.1 Å². The Hall–Kier alpha value is -4.05. The van der Waals surface area contributed by atoms with E-state index in [4.69, 9.17) is 0 Å². The van der Waals surface area contributed by atoms with Crippen molar-refractivity contribution in [1.82, 2.24) is 14.8 Å². The summed E-state index contributed by atoms with van der Waals surface area (Å²) in [5.41, 5.74) is 1.90. The molecule has 0 radical (unpaired) electrons. The molecule has 0 unspecified atom stereocenters. The standard InChI is InChI=1S/C22H18FN5O3S/c1-15-5-7-17(8-6-15)27-32(30,31)19-4-2-3-16(11-19)22(29)26-18-9-10-21(20(23)12-18)28-14-24-13-25-28/h2-14,27H,1H3,(H,26,29). The van der Waals surface area contributed by atoms with Gasteiger partial charge in [-0.2, -0.15) is 5.10 Å². The number of sulfonamides is 1. The SMILES string of the molecule is Cc1ccc(NS(=O)(=O)c2cccc(C(=O)Nc3ccc(-n4cncn4)c(F)c3)c2)cc1. The predicted octanol–water partition coefficient (Wildman–Crippen LogP) is 3.77. The fourth-order valence-electron chi connectivity index (χ4n) is 2.95. The minimum atomic E-state index is -3.90. The molecule has 32 heavy (non-hydrogen) atoms. The molecule has 0 bridgehead atoms. The Morgan fingerprint density at radius 3 is 2.44 bits per heavy atom. The van der Waals surface area contributed by atoms with Crippen LogP contribution in [0.3, 0.4) is 0 Å². The zero-order valence-corrected chi connectivity index (χ0v) is 17.7. The van der Waals surface area contributed by atoms with Crippen molar-refractivity contribution >= 4 is 27.3 Å². The van der Waals surface area contributed by atoms with E-state index in [1.54, 1.807) is 24.3 Å². The number of nitrogens with one attached hydrogen (secondary N) is 2. The van der Waals surface area contributed by atoms with Crippen molar-refractivity contribution < 1.29 is 17.6 Å². The number of hydrogen-bond acceptors (Lipinski definition) is 5. The minimum Gasteiger partial charge on any atom is -0.322 e. The van der Waals surface area contributed by atoms with Crippen LogP contribution in [-0.2, 0) is 10.0 Å². The Balaban J connectivity index is 1.52. The van der Waals surface area contributed by atoms with Gasteiger partial charge in [-0.05, 0) is 55.5 Å². The number of anilines is 2. The second-order valence-electron chi connectivity index (χ2n) is 6.96. The maximum absolute atomic E-state index is 14.4. The van der Waals surface area contributed by atoms with Crippen LogP contribution in [0.15, 0.2) is 84.3 Å². The Labute approximate surface area is 183 Å². The fourth-order valence-corrected chi connectivity index (χ4v) is 4.05. The van der Waals surface area contributed by atoms with Crippen molar-refractivity contribution in [3.63, 3.8) is 0 Å². The van der Waals surface area contributed by atoms with Gasteiger partial charge in [-0.1, -0.05) is 23.8 Å². The lowest BCUT2D eigenvalue weighted by molar-refractivity contribution is 0.102. The van der Waals surface area contributed by atoms with Crippen LogP contribution >= 0.6 is 0 Å². The van der Waals surface area contributed by atoms with E-state index in [2.05, 4.69) is 20.1 Å². The van der Waals surface area contributed by atoms with Gasteiger partial charge in [0, 0.05) is 16.9 Å². The summed E-state index contributed by atoms with van der Waals surface area (Å²) in [6.45, 7) is 1.90. The highest BCUT2D eigenvalue weighted by atomic mass is 32.2. The summed E-state index contributed by atoms with van der Waals surface area (Å²) in [4.78, 5) is 16.3. The monoisotopic (exact) mass is 451 g/mol. The molecule has 4 aromatic rings. The molecule has 3 aromatic carbocycles. The lowest BCUT2D eigenvalue weighted by Crippen LogP contribution is -2.16. The third-order valence-electron chi connectivity index (χ3n) is 4.58. The zero-order chi connectivity index (χ0) is 22.7. The molecule has 0 aliphatic heterocycles. The highest BCUT2D eigenvalue weighted by molar-refractivity contribution is 7.92. The highest BCUT2D eigenvalue weighted by Gasteiger charge is 2.17. The van der Waals surface area contributed by atoms with Gasteiger partial charge in [0.25, 0.3) is 15.9 Å². The summed E-state index contributed by atoms with van der Waals surface area (Å²) in [5, 5.41) is 6.43. The molecule has 0 aliphatic carbocycles. The molecule has 8 nitrogen and oxygen atoms in total. The van der Waals surface area contributed by atoms with E-state index < -0.39 is 21.7 Å². The quantitative estimate of drug-likeness (QED) is 0.464. The molecule has 2 N–H and O–H groups in total. The second kappa shape index (κ2) is 8.60. The van der Waals surface area contributed by atoms with Gasteiger partial charge >= 0.3 is 0 Å². The van der Waals surface area contributed by atoms with Crippen LogP contribution in [0.4, 0.5) is 15.8 Å². The van der Waals surface area contributed by atoms with Gasteiger partial charge in [0.05, 0.1) is 4.90 Å². The van der Waals surface area contributed by atoms with Gasteiger partial charge in [-0.15, -0.1) is 0 Å². The van der Waals surface area contributed by atoms with E-state index in [1.807, 2.05) is 6.92 Å². The van der Waals surface area contributed by atoms with Gasteiger partial charge in [0.1, 0.15) is 18.3 Å². The molecule has 0 aliphatic rings. The molecule has 0 saturated carbocycles. The molecule has 0 fully saturated rings. The van der Waals surface area contributed by atoms with E-state index in [-0.39, 0.29) is 21.8 Å². The van der Waals surface area contributed by atoms with Crippen molar-refractivity contribution in [1.29, 1.82) is 0 Å². The van der Waals surface area contributed by atoms with Crippen molar-refractivity contribution in [3.8, 4) is 5.69 Å². The first kappa shape index (κ1) is 21.2. The van der Waals surface area contributed by atoms with Crippen molar-refractivity contribution in [2.75, 3.05) is 10.0 Å². The topological polar surface area (TPSA) is 106 Å². The lowest BCUT2D eigenvalue weighted by atomic mass is 10.2. The third kappa shape index (κ3) is 4.65. The van der Waals surface area contributed by atoms with Gasteiger partial charge in [-0.3, -0.25) is 9.52 Å². The maximum atomic E-state index is 14.4. The number of amides is 1. The summed E-state index contributed by atoms with van der Waals surface area (Å²) < 4.78 is 43.6. The molecule has 4 rings (SSSR count). The van der Waals surface area contributed by atoms with Crippen LogP contribution in [0, 0.1) is 12.7 Å². The van der Waals surface area contributed by atoms with E-state index in [1.165, 1.54) is 53.7 Å². The molecular formula is C22H18FN5O3S. The van der Waals surface area contributed by atoms with Crippen LogP contribution in [0.25, 0.3) is 5.69 Å². The van der Waals surface area contributed by atoms with Crippen molar-refractivity contribution in [3.05, 3.63) is 96.3 Å². The van der Waals surface area contributed by atoms with Gasteiger partial charge in [0.15, 0.2) is 5.82 Å². The number of aryl methyl sites for hydroxylation is 1. The largest absolute Gasteiger partial charge is 0.322 e. The first-order valence-corrected chi connectivity index (χ1v) is 11.0. The molecular weight excluding hydrogens is 433 g/mol. The maximum Gasteiger partial charge on any atom is 0.261 e. The number of aromatic nitrogens is 3. The van der Waals surface area contributed by atoms with Gasteiger partial charge in [-0.25, -0.2) is 22.5 Å². The smallest absolute Gasteiger partial charge is 0.261 e. The second-order valence-corrected chi connectivity index (χ2v) is 8.64. The van der Waals surface area contributed by atoms with Crippen LogP contribution in [0.1, 0.15) is 15.9 Å². The Morgan fingerprint density at radius 2 is 1.75 bits per heavy atom. The average Bonchev–Trinajstić information content (AvgIpc) is 3.30. The molecule has 1 amide bonds. The van der Waals surface area contributed by atoms with Gasteiger partial charge < -0.3 is 5.32 Å². The number of carbonyl (C=O) groups excluding carboxylic acids is 1. The molecule has 1 heterocycles. The first-order chi connectivity index (χ1) is 15.3. The average molecular weight is 451 g/mol. The molecule has 0 atom stereocenters. The van der Waals surface area contributed by atoms with Gasteiger partial charge in [0.2, 0.25) is 0 Å². The molecule has 1 aromatic heterocycles. The minimum absolute atomic E-state index is 0.0709. The molecule has 162 valence electrons. The molecule has 10 heteroatoms. The number of nitrogens with zero attached hydrogens (tertiary/aromatic N) is 3. The summed E-state index contributed by atoms with van der Waals surface area (Å²) in [6, 6.07) is 16.6. The lowest BCUT2D eigenvalue weighted by Gasteiger charge is -2.11. The third-order valence-corrected chi connectivity index (χ3v) is 5.96. The van der Waals surface area contributed by atoms with Crippen molar-refractivity contribution in [2.45, 2.75) is 11.8 Å². The van der Waals surface area contributed by atoms with E-state index in [0.717, 1.165) is 11.6 Å². The predicted molar refractivity (Wildman–Crippen MR) is 118 cm³/mol. The highest BCUT2D eigenvalue weighted by Crippen LogP contribution is 2.20. The fraction of sp³-hybridized carbons (Fsp3) is 0.0455. The Kier molecular flexibility index (Phi) is 5.69. The summed E-state index contributed by atoms with van der Waals surface area (Å²) in [5.74, 6) is -1.18. The summed E-state index contributed by atoms with van der Waals surface area (Å²) >= 11 is 0. The van der Waals surface area contributed by atoms with Crippen molar-refractivity contribution in [2.24, 2.45) is 0 Å². The summed E-state index contributed by atoms with van der Waals surface area (Å²) in [6.07, 6.45) is 2.64. The number of benzene rings is 3. The Morgan fingerprint density at radius 1 is 1.00 bits per heavy atom. The molecule has 0 saturated heterocycles. The number of rotatable bonds is 6. The summed E-state index contributed by atoms with van der Waals surface area (Å²) in [7, 11) is -3.90. The Bertz CT molecular complexity index is 1370. The first-order valence-electron chi connectivity index (χ1n) is 9.47. The van der Waals surface area contributed by atoms with Crippen LogP contribution < -0.4 is 10.0 Å². The number of halogens is 1. The van der Waals surface area contributed by atoms with Crippen LogP contribution in [0.5, 0.6) is 0 Å². The van der Waals surface area contributed by atoms with E-state index in [0.29, 0.717) is 5.69 Å².